The van der Waals surface area contributed by atoms with E-state index in [1.807, 2.05) is 23.8 Å². The number of halogens is 1. The average molecular weight is 329 g/mol. The van der Waals surface area contributed by atoms with Crippen LogP contribution in [0, 0.1) is 17.8 Å². The Hall–Kier alpha value is -0.770. The standard InChI is InChI=1S/C15H25BrN2O/c1-6-18-9-12(16)7-14(18)15(19)17-8-13(10(2)3)11(4)5/h7,9-11,13H,6,8H2,1-5H3,(H,17,19). The highest BCUT2D eigenvalue weighted by Gasteiger charge is 2.19. The summed E-state index contributed by atoms with van der Waals surface area (Å²) in [5, 5.41) is 3.07. The van der Waals surface area contributed by atoms with E-state index in [0.29, 0.717) is 17.8 Å². The van der Waals surface area contributed by atoms with E-state index in [1.54, 1.807) is 0 Å². The summed E-state index contributed by atoms with van der Waals surface area (Å²) in [6.07, 6.45) is 1.94. The lowest BCUT2D eigenvalue weighted by Gasteiger charge is -2.25. The molecule has 0 saturated carbocycles. The molecule has 1 aromatic rings. The summed E-state index contributed by atoms with van der Waals surface area (Å²) in [6.45, 7) is 12.4. The second kappa shape index (κ2) is 7.13. The maximum absolute atomic E-state index is 12.2. The molecule has 0 unspecified atom stereocenters. The molecule has 1 aromatic heterocycles. The second-order valence-electron chi connectivity index (χ2n) is 5.69. The van der Waals surface area contributed by atoms with E-state index in [-0.39, 0.29) is 5.91 Å². The zero-order valence-electron chi connectivity index (χ0n) is 12.5. The molecule has 0 saturated heterocycles. The van der Waals surface area contributed by atoms with Crippen molar-refractivity contribution in [2.24, 2.45) is 17.8 Å². The van der Waals surface area contributed by atoms with Crippen LogP contribution in [0.4, 0.5) is 0 Å². The van der Waals surface area contributed by atoms with E-state index in [2.05, 4.69) is 48.9 Å². The summed E-state index contributed by atoms with van der Waals surface area (Å²) in [5.74, 6) is 1.67. The molecule has 0 aliphatic carbocycles. The SMILES string of the molecule is CCn1cc(Br)cc1C(=O)NCC(C(C)C)C(C)C. The summed E-state index contributed by atoms with van der Waals surface area (Å²) in [4.78, 5) is 12.2. The van der Waals surface area contributed by atoms with Gasteiger partial charge in [-0.3, -0.25) is 4.79 Å². The molecule has 0 aliphatic heterocycles. The molecule has 0 aromatic carbocycles. The van der Waals surface area contributed by atoms with Gasteiger partial charge in [0.05, 0.1) is 0 Å². The van der Waals surface area contributed by atoms with Crippen molar-refractivity contribution in [1.82, 2.24) is 9.88 Å². The number of amides is 1. The average Bonchev–Trinajstić information content (AvgIpc) is 2.69. The summed E-state index contributed by atoms with van der Waals surface area (Å²) in [6, 6.07) is 1.87. The van der Waals surface area contributed by atoms with Crippen LogP contribution in [0.25, 0.3) is 0 Å². The van der Waals surface area contributed by atoms with Crippen LogP contribution in [0.3, 0.4) is 0 Å². The van der Waals surface area contributed by atoms with Crippen LogP contribution in [0.15, 0.2) is 16.7 Å². The summed E-state index contributed by atoms with van der Waals surface area (Å²) in [7, 11) is 0. The van der Waals surface area contributed by atoms with Crippen LogP contribution < -0.4 is 5.32 Å². The van der Waals surface area contributed by atoms with Gasteiger partial charge in [-0.1, -0.05) is 27.7 Å². The number of nitrogens with one attached hydrogen (secondary N) is 1. The highest BCUT2D eigenvalue weighted by Crippen LogP contribution is 2.20. The van der Waals surface area contributed by atoms with E-state index in [1.165, 1.54) is 0 Å². The Kier molecular flexibility index (Phi) is 6.11. The quantitative estimate of drug-likeness (QED) is 0.843. The van der Waals surface area contributed by atoms with Crippen LogP contribution >= 0.6 is 15.9 Å². The molecule has 0 atom stereocenters. The minimum absolute atomic E-state index is 0.0128. The Morgan fingerprint density at radius 2 is 1.89 bits per heavy atom. The summed E-state index contributed by atoms with van der Waals surface area (Å²) < 4.78 is 2.91. The lowest BCUT2D eigenvalue weighted by Crippen LogP contribution is -2.34. The molecule has 1 rings (SSSR count). The molecule has 1 N–H and O–H groups in total. The Bertz CT molecular complexity index is 416. The van der Waals surface area contributed by atoms with Gasteiger partial charge in [-0.05, 0) is 46.7 Å². The number of aryl methyl sites for hydroxylation is 1. The van der Waals surface area contributed by atoms with Gasteiger partial charge in [0.1, 0.15) is 5.69 Å². The largest absolute Gasteiger partial charge is 0.350 e. The Balaban J connectivity index is 2.69. The minimum Gasteiger partial charge on any atom is -0.350 e. The predicted octanol–water partition coefficient (Wildman–Crippen LogP) is 3.93. The monoisotopic (exact) mass is 328 g/mol. The lowest BCUT2D eigenvalue weighted by molar-refractivity contribution is 0.0928. The lowest BCUT2D eigenvalue weighted by atomic mass is 9.85. The molecule has 0 bridgehead atoms. The first-order chi connectivity index (χ1) is 8.86. The van der Waals surface area contributed by atoms with Gasteiger partial charge >= 0.3 is 0 Å². The van der Waals surface area contributed by atoms with Gasteiger partial charge in [-0.25, -0.2) is 0 Å². The molecule has 4 heteroatoms. The Labute approximate surface area is 124 Å². The van der Waals surface area contributed by atoms with Crippen molar-refractivity contribution < 1.29 is 4.79 Å². The number of rotatable bonds is 6. The highest BCUT2D eigenvalue weighted by molar-refractivity contribution is 9.10. The van der Waals surface area contributed by atoms with Crippen LogP contribution in [0.5, 0.6) is 0 Å². The number of hydrogen-bond donors (Lipinski definition) is 1. The van der Waals surface area contributed by atoms with Crippen molar-refractivity contribution in [3.8, 4) is 0 Å². The van der Waals surface area contributed by atoms with Gasteiger partial charge in [0, 0.05) is 23.8 Å². The highest BCUT2D eigenvalue weighted by atomic mass is 79.9. The van der Waals surface area contributed by atoms with E-state index in [0.717, 1.165) is 23.3 Å². The summed E-state index contributed by atoms with van der Waals surface area (Å²) in [5.41, 5.74) is 0.723. The van der Waals surface area contributed by atoms with Crippen LogP contribution in [-0.2, 0) is 6.54 Å². The number of hydrogen-bond acceptors (Lipinski definition) is 1. The molecule has 3 nitrogen and oxygen atoms in total. The van der Waals surface area contributed by atoms with Gasteiger partial charge in [0.25, 0.3) is 5.91 Å². The van der Waals surface area contributed by atoms with Crippen molar-refractivity contribution in [2.75, 3.05) is 6.54 Å². The molecule has 0 fully saturated rings. The molecule has 108 valence electrons. The number of aromatic nitrogens is 1. The fourth-order valence-corrected chi connectivity index (χ4v) is 2.93. The predicted molar refractivity (Wildman–Crippen MR) is 83.3 cm³/mol. The van der Waals surface area contributed by atoms with Crippen molar-refractivity contribution >= 4 is 21.8 Å². The fourth-order valence-electron chi connectivity index (χ4n) is 2.47. The Morgan fingerprint density at radius 1 is 1.32 bits per heavy atom. The van der Waals surface area contributed by atoms with E-state index >= 15 is 0 Å². The molecule has 0 spiro atoms. The van der Waals surface area contributed by atoms with Gasteiger partial charge in [0.2, 0.25) is 0 Å². The molecule has 1 heterocycles. The van der Waals surface area contributed by atoms with Crippen LogP contribution in [0.1, 0.15) is 45.1 Å². The maximum Gasteiger partial charge on any atom is 0.267 e. The fraction of sp³-hybridized carbons (Fsp3) is 0.667. The van der Waals surface area contributed by atoms with Crippen LogP contribution in [0.2, 0.25) is 0 Å². The number of nitrogens with zero attached hydrogens (tertiary/aromatic N) is 1. The van der Waals surface area contributed by atoms with Crippen molar-refractivity contribution in [3.05, 3.63) is 22.4 Å². The normalized spacial score (nSPS) is 11.6. The Morgan fingerprint density at radius 3 is 2.37 bits per heavy atom. The van der Waals surface area contributed by atoms with Gasteiger partial charge in [-0.15, -0.1) is 0 Å². The number of carbonyl (C=O) groups excluding carboxylic acids is 1. The maximum atomic E-state index is 12.2. The topological polar surface area (TPSA) is 34.0 Å². The molecule has 1 amide bonds. The third-order valence-corrected chi connectivity index (χ3v) is 4.08. The van der Waals surface area contributed by atoms with Gasteiger partial charge in [0.15, 0.2) is 0 Å². The van der Waals surface area contributed by atoms with E-state index in [4.69, 9.17) is 0 Å². The minimum atomic E-state index is 0.0128. The molecule has 0 radical (unpaired) electrons. The third kappa shape index (κ3) is 4.37. The van der Waals surface area contributed by atoms with Crippen molar-refractivity contribution in [1.29, 1.82) is 0 Å². The first-order valence-electron chi connectivity index (χ1n) is 7.00. The molecule has 0 aliphatic rings. The first kappa shape index (κ1) is 16.3. The number of carbonyl (C=O) groups is 1. The van der Waals surface area contributed by atoms with Crippen molar-refractivity contribution in [3.63, 3.8) is 0 Å². The zero-order chi connectivity index (χ0) is 14.6. The smallest absolute Gasteiger partial charge is 0.267 e. The first-order valence-corrected chi connectivity index (χ1v) is 7.80. The second-order valence-corrected chi connectivity index (χ2v) is 6.61. The van der Waals surface area contributed by atoms with Crippen LogP contribution in [-0.4, -0.2) is 17.0 Å². The van der Waals surface area contributed by atoms with Crippen molar-refractivity contribution in [2.45, 2.75) is 41.2 Å². The zero-order valence-corrected chi connectivity index (χ0v) is 14.1. The molecular weight excluding hydrogens is 304 g/mol. The van der Waals surface area contributed by atoms with Gasteiger partial charge < -0.3 is 9.88 Å². The van der Waals surface area contributed by atoms with Gasteiger partial charge in [-0.2, -0.15) is 0 Å². The van der Waals surface area contributed by atoms with E-state index < -0.39 is 0 Å². The third-order valence-electron chi connectivity index (χ3n) is 3.65. The summed E-state index contributed by atoms with van der Waals surface area (Å²) >= 11 is 3.42. The molecule has 19 heavy (non-hydrogen) atoms. The van der Waals surface area contributed by atoms with E-state index in [9.17, 15) is 4.79 Å². The molecular formula is C15H25BrN2O.